The molecule has 0 aromatic carbocycles. The number of hydrogen-bond acceptors (Lipinski definition) is 3. The molecule has 0 amide bonds. The molecule has 1 aliphatic rings. The second-order valence-corrected chi connectivity index (χ2v) is 5.35. The molecule has 0 radical (unpaired) electrons. The zero-order chi connectivity index (χ0) is 13.2. The number of aromatic nitrogens is 3. The van der Waals surface area contributed by atoms with Gasteiger partial charge in [0.2, 0.25) is 0 Å². The van der Waals surface area contributed by atoms with Crippen LogP contribution in [0.2, 0.25) is 0 Å². The average Bonchev–Trinajstić information content (AvgIpc) is 3.04. The molecule has 3 heterocycles. The molecular weight excluding hydrogens is 236 g/mol. The monoisotopic (exact) mass is 258 g/mol. The van der Waals surface area contributed by atoms with Crippen molar-refractivity contribution in [2.45, 2.75) is 39.2 Å². The van der Waals surface area contributed by atoms with Crippen molar-refractivity contribution >= 4 is 11.2 Å². The number of rotatable bonds is 4. The summed E-state index contributed by atoms with van der Waals surface area (Å²) in [5, 5.41) is 0. The van der Waals surface area contributed by atoms with Crippen LogP contribution in [0, 0.1) is 0 Å². The van der Waals surface area contributed by atoms with Gasteiger partial charge in [0, 0.05) is 25.2 Å². The Labute approximate surface area is 114 Å². The van der Waals surface area contributed by atoms with Gasteiger partial charge in [0.25, 0.3) is 0 Å². The third-order valence-corrected chi connectivity index (χ3v) is 4.07. The van der Waals surface area contributed by atoms with Crippen molar-refractivity contribution in [3.63, 3.8) is 0 Å². The Kier molecular flexibility index (Phi) is 3.51. The Morgan fingerprint density at radius 2 is 2.26 bits per heavy atom. The highest BCUT2D eigenvalue weighted by Gasteiger charge is 2.27. The minimum Gasteiger partial charge on any atom is -0.312 e. The molecule has 19 heavy (non-hydrogen) atoms. The van der Waals surface area contributed by atoms with E-state index in [9.17, 15) is 0 Å². The number of pyridine rings is 1. The summed E-state index contributed by atoms with van der Waals surface area (Å²) in [4.78, 5) is 11.9. The number of nitrogens with zero attached hydrogens (tertiary/aromatic N) is 4. The van der Waals surface area contributed by atoms with E-state index in [1.165, 1.54) is 18.8 Å². The first-order valence-corrected chi connectivity index (χ1v) is 7.37. The Balaban J connectivity index is 2.00. The molecule has 2 aromatic heterocycles. The number of imidazole rings is 1. The van der Waals surface area contributed by atoms with E-state index in [4.69, 9.17) is 4.98 Å². The van der Waals surface area contributed by atoms with Crippen LogP contribution in [-0.4, -0.2) is 39.1 Å². The van der Waals surface area contributed by atoms with Crippen molar-refractivity contribution < 1.29 is 0 Å². The standard InChI is InChI=1S/C15H22N4/c1-3-9-19-14(12-7-10-18(4-2)11-12)17-13-6-5-8-16-15(13)19/h5-6,8,12H,3-4,7,9-11H2,1-2H3. The third kappa shape index (κ3) is 2.25. The molecule has 4 nitrogen and oxygen atoms in total. The zero-order valence-electron chi connectivity index (χ0n) is 11.8. The molecule has 1 aliphatic heterocycles. The first kappa shape index (κ1) is 12.6. The lowest BCUT2D eigenvalue weighted by molar-refractivity contribution is 0.351. The molecule has 0 aliphatic carbocycles. The SMILES string of the molecule is CCCn1c(C2CCN(CC)C2)nc2cccnc21. The molecular formula is C15H22N4. The van der Waals surface area contributed by atoms with E-state index in [0.717, 1.165) is 37.2 Å². The van der Waals surface area contributed by atoms with Crippen LogP contribution in [0.1, 0.15) is 38.4 Å². The van der Waals surface area contributed by atoms with E-state index >= 15 is 0 Å². The molecule has 0 saturated carbocycles. The highest BCUT2D eigenvalue weighted by molar-refractivity contribution is 5.71. The Bertz CT molecular complexity index is 560. The van der Waals surface area contributed by atoms with E-state index in [1.807, 2.05) is 12.3 Å². The average molecular weight is 258 g/mol. The van der Waals surface area contributed by atoms with Crippen molar-refractivity contribution in [1.82, 2.24) is 19.4 Å². The van der Waals surface area contributed by atoms with Crippen LogP contribution in [0.5, 0.6) is 0 Å². The van der Waals surface area contributed by atoms with Crippen molar-refractivity contribution in [1.29, 1.82) is 0 Å². The van der Waals surface area contributed by atoms with Crippen LogP contribution in [0.3, 0.4) is 0 Å². The molecule has 2 aromatic rings. The Morgan fingerprint density at radius 1 is 1.37 bits per heavy atom. The minimum absolute atomic E-state index is 0.570. The van der Waals surface area contributed by atoms with Gasteiger partial charge in [0.05, 0.1) is 0 Å². The van der Waals surface area contributed by atoms with E-state index in [-0.39, 0.29) is 0 Å². The van der Waals surface area contributed by atoms with Crippen LogP contribution in [-0.2, 0) is 6.54 Å². The summed E-state index contributed by atoms with van der Waals surface area (Å²) in [5.41, 5.74) is 2.09. The summed E-state index contributed by atoms with van der Waals surface area (Å²) >= 11 is 0. The smallest absolute Gasteiger partial charge is 0.159 e. The third-order valence-electron chi connectivity index (χ3n) is 4.07. The number of hydrogen-bond donors (Lipinski definition) is 0. The molecule has 1 saturated heterocycles. The second kappa shape index (κ2) is 5.29. The van der Waals surface area contributed by atoms with Gasteiger partial charge >= 0.3 is 0 Å². The lowest BCUT2D eigenvalue weighted by atomic mass is 10.1. The van der Waals surface area contributed by atoms with Gasteiger partial charge in [0.1, 0.15) is 11.3 Å². The van der Waals surface area contributed by atoms with Gasteiger partial charge in [-0.15, -0.1) is 0 Å². The van der Waals surface area contributed by atoms with Crippen LogP contribution in [0.15, 0.2) is 18.3 Å². The number of likely N-dealkylation sites (N-methyl/N-ethyl adjacent to an activating group) is 1. The fourth-order valence-corrected chi connectivity index (χ4v) is 3.06. The summed E-state index contributed by atoms with van der Waals surface area (Å²) in [6.07, 6.45) is 4.22. The molecule has 102 valence electrons. The summed E-state index contributed by atoms with van der Waals surface area (Å²) in [6.45, 7) is 8.95. The summed E-state index contributed by atoms with van der Waals surface area (Å²) in [7, 11) is 0. The molecule has 0 bridgehead atoms. The molecule has 0 N–H and O–H groups in total. The second-order valence-electron chi connectivity index (χ2n) is 5.35. The number of aryl methyl sites for hydroxylation is 1. The topological polar surface area (TPSA) is 34.0 Å². The van der Waals surface area contributed by atoms with Crippen molar-refractivity contribution in [2.75, 3.05) is 19.6 Å². The van der Waals surface area contributed by atoms with Crippen molar-refractivity contribution in [3.05, 3.63) is 24.2 Å². The van der Waals surface area contributed by atoms with Crippen molar-refractivity contribution in [3.8, 4) is 0 Å². The first-order chi connectivity index (χ1) is 9.33. The molecule has 4 heteroatoms. The summed E-state index contributed by atoms with van der Waals surface area (Å²) in [6, 6.07) is 4.05. The highest BCUT2D eigenvalue weighted by Crippen LogP contribution is 2.28. The van der Waals surface area contributed by atoms with Gasteiger partial charge in [-0.3, -0.25) is 0 Å². The maximum absolute atomic E-state index is 4.86. The molecule has 1 atom stereocenters. The lowest BCUT2D eigenvalue weighted by Gasteiger charge is -2.14. The molecule has 3 rings (SSSR count). The van der Waals surface area contributed by atoms with E-state index < -0.39 is 0 Å². The van der Waals surface area contributed by atoms with E-state index in [1.54, 1.807) is 0 Å². The summed E-state index contributed by atoms with van der Waals surface area (Å²) < 4.78 is 2.33. The Hall–Kier alpha value is -1.42. The van der Waals surface area contributed by atoms with Gasteiger partial charge in [-0.25, -0.2) is 9.97 Å². The predicted molar refractivity (Wildman–Crippen MR) is 77.3 cm³/mol. The Morgan fingerprint density at radius 3 is 3.00 bits per heavy atom. The first-order valence-electron chi connectivity index (χ1n) is 7.37. The van der Waals surface area contributed by atoms with E-state index in [0.29, 0.717) is 5.92 Å². The van der Waals surface area contributed by atoms with Gasteiger partial charge in [-0.2, -0.15) is 0 Å². The molecule has 1 fully saturated rings. The fourth-order valence-electron chi connectivity index (χ4n) is 3.06. The highest BCUT2D eigenvalue weighted by atomic mass is 15.2. The van der Waals surface area contributed by atoms with Gasteiger partial charge < -0.3 is 9.47 Å². The summed E-state index contributed by atoms with van der Waals surface area (Å²) in [5.74, 6) is 1.81. The maximum atomic E-state index is 4.86. The zero-order valence-corrected chi connectivity index (χ0v) is 11.8. The van der Waals surface area contributed by atoms with Crippen molar-refractivity contribution in [2.24, 2.45) is 0 Å². The predicted octanol–water partition coefficient (Wildman–Crippen LogP) is 2.65. The molecule has 1 unspecified atom stereocenters. The lowest BCUT2D eigenvalue weighted by Crippen LogP contribution is -2.20. The maximum Gasteiger partial charge on any atom is 0.159 e. The van der Waals surface area contributed by atoms with Gasteiger partial charge in [0.15, 0.2) is 5.65 Å². The van der Waals surface area contributed by atoms with Crippen LogP contribution >= 0.6 is 0 Å². The molecule has 0 spiro atoms. The fraction of sp³-hybridized carbons (Fsp3) is 0.600. The van der Waals surface area contributed by atoms with Crippen LogP contribution in [0.25, 0.3) is 11.2 Å². The van der Waals surface area contributed by atoms with Gasteiger partial charge in [-0.1, -0.05) is 13.8 Å². The van der Waals surface area contributed by atoms with Crippen LogP contribution < -0.4 is 0 Å². The quantitative estimate of drug-likeness (QED) is 0.845. The van der Waals surface area contributed by atoms with E-state index in [2.05, 4.69) is 34.4 Å². The van der Waals surface area contributed by atoms with Gasteiger partial charge in [-0.05, 0) is 38.1 Å². The minimum atomic E-state index is 0.570. The number of fused-ring (bicyclic) bond motifs is 1. The largest absolute Gasteiger partial charge is 0.312 e. The number of likely N-dealkylation sites (tertiary alicyclic amines) is 1. The van der Waals surface area contributed by atoms with Crippen LogP contribution in [0.4, 0.5) is 0 Å². The normalized spacial score (nSPS) is 20.4.